The molecule has 4 rings (SSSR count). The molecule has 0 heterocycles. The SMILES string of the molecule is C[C@]12CCC(=O)C[C@@H]1CC[C@@H]1[C@H]2CC[C@]2(C)[C@@H](O)CC[C@@H]12. The van der Waals surface area contributed by atoms with Crippen LogP contribution in [0.3, 0.4) is 0 Å². The summed E-state index contributed by atoms with van der Waals surface area (Å²) in [6.45, 7) is 4.85. The normalized spacial score (nSPS) is 56.5. The number of hydrogen-bond acceptors (Lipinski definition) is 2. The van der Waals surface area contributed by atoms with Crippen LogP contribution in [-0.4, -0.2) is 17.0 Å². The smallest absolute Gasteiger partial charge is 0.133 e. The van der Waals surface area contributed by atoms with Crippen molar-refractivity contribution in [2.45, 2.75) is 77.7 Å². The van der Waals surface area contributed by atoms with Crippen molar-refractivity contribution in [3.05, 3.63) is 0 Å². The lowest BCUT2D eigenvalue weighted by Gasteiger charge is -2.60. The highest BCUT2D eigenvalue weighted by Crippen LogP contribution is 2.65. The molecule has 7 atom stereocenters. The summed E-state index contributed by atoms with van der Waals surface area (Å²) in [6, 6.07) is 0. The van der Waals surface area contributed by atoms with Crippen LogP contribution in [0.1, 0.15) is 71.6 Å². The maximum atomic E-state index is 11.9. The van der Waals surface area contributed by atoms with E-state index >= 15 is 0 Å². The molecule has 4 fully saturated rings. The summed E-state index contributed by atoms with van der Waals surface area (Å²) in [5.41, 5.74) is 0.598. The zero-order valence-electron chi connectivity index (χ0n) is 13.6. The first-order valence-corrected chi connectivity index (χ1v) is 9.15. The van der Waals surface area contributed by atoms with Crippen LogP contribution >= 0.6 is 0 Å². The summed E-state index contributed by atoms with van der Waals surface area (Å²) in [5, 5.41) is 10.5. The van der Waals surface area contributed by atoms with Crippen molar-refractivity contribution < 1.29 is 9.90 Å². The molecule has 0 aliphatic heterocycles. The van der Waals surface area contributed by atoms with Gasteiger partial charge in [0.05, 0.1) is 6.10 Å². The summed E-state index contributed by atoms with van der Waals surface area (Å²) < 4.78 is 0. The Kier molecular flexibility index (Phi) is 3.10. The van der Waals surface area contributed by atoms with Gasteiger partial charge in [0.2, 0.25) is 0 Å². The van der Waals surface area contributed by atoms with Gasteiger partial charge in [-0.25, -0.2) is 0 Å². The first-order chi connectivity index (χ1) is 9.95. The van der Waals surface area contributed by atoms with Gasteiger partial charge in [0.1, 0.15) is 5.78 Å². The maximum absolute atomic E-state index is 11.9. The van der Waals surface area contributed by atoms with Crippen LogP contribution in [0.4, 0.5) is 0 Å². The van der Waals surface area contributed by atoms with Gasteiger partial charge >= 0.3 is 0 Å². The van der Waals surface area contributed by atoms with Gasteiger partial charge in [-0.2, -0.15) is 0 Å². The molecule has 118 valence electrons. The van der Waals surface area contributed by atoms with Crippen molar-refractivity contribution in [3.8, 4) is 0 Å². The molecule has 0 unspecified atom stereocenters. The van der Waals surface area contributed by atoms with Gasteiger partial charge in [-0.3, -0.25) is 4.79 Å². The molecular formula is C19H30O2. The third-order valence-electron chi connectivity index (χ3n) is 8.43. The van der Waals surface area contributed by atoms with Crippen LogP contribution in [0.25, 0.3) is 0 Å². The van der Waals surface area contributed by atoms with E-state index < -0.39 is 0 Å². The van der Waals surface area contributed by atoms with Crippen LogP contribution < -0.4 is 0 Å². The van der Waals surface area contributed by atoms with E-state index in [0.29, 0.717) is 17.1 Å². The molecular weight excluding hydrogens is 260 g/mol. The Morgan fingerprint density at radius 1 is 0.952 bits per heavy atom. The Bertz CT molecular complexity index is 458. The molecule has 0 aromatic heterocycles. The highest BCUT2D eigenvalue weighted by molar-refractivity contribution is 5.79. The van der Waals surface area contributed by atoms with Gasteiger partial charge in [0.25, 0.3) is 0 Å². The topological polar surface area (TPSA) is 37.3 Å². The molecule has 4 aliphatic carbocycles. The molecule has 0 bridgehead atoms. The van der Waals surface area contributed by atoms with Crippen molar-refractivity contribution in [1.29, 1.82) is 0 Å². The van der Waals surface area contributed by atoms with Crippen LogP contribution in [0.5, 0.6) is 0 Å². The molecule has 2 nitrogen and oxygen atoms in total. The number of ketones is 1. The number of carbonyl (C=O) groups excluding carboxylic acids is 1. The fraction of sp³-hybridized carbons (Fsp3) is 0.947. The van der Waals surface area contributed by atoms with Crippen LogP contribution in [0.2, 0.25) is 0 Å². The van der Waals surface area contributed by atoms with Crippen molar-refractivity contribution in [1.82, 2.24) is 0 Å². The number of aliphatic hydroxyl groups is 1. The second-order valence-corrected chi connectivity index (χ2v) is 9.04. The van der Waals surface area contributed by atoms with Crippen molar-refractivity contribution >= 4 is 5.78 Å². The quantitative estimate of drug-likeness (QED) is 0.733. The zero-order valence-corrected chi connectivity index (χ0v) is 13.6. The Labute approximate surface area is 128 Å². The van der Waals surface area contributed by atoms with E-state index in [-0.39, 0.29) is 11.5 Å². The first-order valence-electron chi connectivity index (χ1n) is 9.15. The number of aliphatic hydroxyl groups excluding tert-OH is 1. The predicted octanol–water partition coefficient (Wildman–Crippen LogP) is 3.96. The summed E-state index contributed by atoms with van der Waals surface area (Å²) >= 11 is 0. The van der Waals surface area contributed by atoms with Crippen molar-refractivity contribution in [2.75, 3.05) is 0 Å². The maximum Gasteiger partial charge on any atom is 0.133 e. The highest BCUT2D eigenvalue weighted by atomic mass is 16.3. The number of fused-ring (bicyclic) bond motifs is 5. The van der Waals surface area contributed by atoms with E-state index in [1.165, 1.54) is 32.1 Å². The second-order valence-electron chi connectivity index (χ2n) is 9.04. The third-order valence-corrected chi connectivity index (χ3v) is 8.43. The summed E-state index contributed by atoms with van der Waals surface area (Å²) in [6.07, 6.45) is 10.0. The van der Waals surface area contributed by atoms with E-state index in [2.05, 4.69) is 13.8 Å². The van der Waals surface area contributed by atoms with Gasteiger partial charge in [-0.15, -0.1) is 0 Å². The van der Waals surface area contributed by atoms with Crippen LogP contribution in [-0.2, 0) is 4.79 Å². The molecule has 0 saturated heterocycles. The molecule has 4 saturated carbocycles. The summed E-state index contributed by atoms with van der Waals surface area (Å²) in [5.74, 6) is 3.52. The van der Waals surface area contributed by atoms with Crippen LogP contribution in [0.15, 0.2) is 0 Å². The number of Topliss-reactive ketones (excluding diaryl/α,β-unsaturated/α-hetero) is 1. The summed E-state index contributed by atoms with van der Waals surface area (Å²) in [4.78, 5) is 11.9. The molecule has 0 spiro atoms. The minimum Gasteiger partial charge on any atom is -0.393 e. The highest BCUT2D eigenvalue weighted by Gasteiger charge is 2.59. The van der Waals surface area contributed by atoms with Crippen molar-refractivity contribution in [3.63, 3.8) is 0 Å². The van der Waals surface area contributed by atoms with E-state index in [9.17, 15) is 9.90 Å². The Morgan fingerprint density at radius 3 is 2.52 bits per heavy atom. The fourth-order valence-corrected chi connectivity index (χ4v) is 7.02. The van der Waals surface area contributed by atoms with Gasteiger partial charge in [-0.1, -0.05) is 13.8 Å². The molecule has 2 heteroatoms. The lowest BCUT2D eigenvalue weighted by atomic mass is 9.45. The number of carbonyl (C=O) groups is 1. The Balaban J connectivity index is 1.64. The van der Waals surface area contributed by atoms with Crippen LogP contribution in [0, 0.1) is 34.5 Å². The van der Waals surface area contributed by atoms with Gasteiger partial charge < -0.3 is 5.11 Å². The molecule has 0 radical (unpaired) electrons. The van der Waals surface area contributed by atoms with E-state index in [1.54, 1.807) is 0 Å². The predicted molar refractivity (Wildman–Crippen MR) is 82.7 cm³/mol. The molecule has 0 amide bonds. The molecule has 1 N–H and O–H groups in total. The molecule has 4 aliphatic rings. The molecule has 0 aromatic carbocycles. The number of hydrogen-bond donors (Lipinski definition) is 1. The largest absolute Gasteiger partial charge is 0.393 e. The van der Waals surface area contributed by atoms with Gasteiger partial charge in [0.15, 0.2) is 0 Å². The lowest BCUT2D eigenvalue weighted by molar-refractivity contribution is -0.141. The average molecular weight is 290 g/mol. The lowest BCUT2D eigenvalue weighted by Crippen LogP contribution is -2.54. The van der Waals surface area contributed by atoms with E-state index in [1.807, 2.05) is 0 Å². The van der Waals surface area contributed by atoms with Gasteiger partial charge in [-0.05, 0) is 79.4 Å². The number of rotatable bonds is 0. The monoisotopic (exact) mass is 290 g/mol. The molecule has 0 aromatic rings. The fourth-order valence-electron chi connectivity index (χ4n) is 7.02. The second kappa shape index (κ2) is 4.57. The van der Waals surface area contributed by atoms with E-state index in [0.717, 1.165) is 43.4 Å². The molecule has 21 heavy (non-hydrogen) atoms. The first kappa shape index (κ1) is 14.2. The minimum absolute atomic E-state index is 0.0677. The average Bonchev–Trinajstić information content (AvgIpc) is 2.76. The third kappa shape index (κ3) is 1.84. The Morgan fingerprint density at radius 2 is 1.71 bits per heavy atom. The standard InChI is InChI=1S/C19H30O2/c1-18-9-7-13(20)11-12(18)3-4-14-15-5-6-17(21)19(15,2)10-8-16(14)18/h12,14-17,21H,3-11H2,1-2H3/t12-,14-,15-,16+,17-,18-,19-/m0/s1. The summed E-state index contributed by atoms with van der Waals surface area (Å²) in [7, 11) is 0. The Hall–Kier alpha value is -0.370. The van der Waals surface area contributed by atoms with E-state index in [4.69, 9.17) is 0 Å². The zero-order chi connectivity index (χ0) is 14.8. The minimum atomic E-state index is -0.0677. The van der Waals surface area contributed by atoms with Crippen molar-refractivity contribution in [2.24, 2.45) is 34.5 Å². The van der Waals surface area contributed by atoms with Gasteiger partial charge in [0, 0.05) is 12.8 Å².